The smallest absolute Gasteiger partial charge is 0.261 e. The summed E-state index contributed by atoms with van der Waals surface area (Å²) in [6.07, 6.45) is 6.36. The van der Waals surface area contributed by atoms with Crippen molar-refractivity contribution in [2.45, 2.75) is 65.2 Å². The molecule has 2 nitrogen and oxygen atoms in total. The number of alkyl halides is 2. The highest BCUT2D eigenvalue weighted by molar-refractivity contribution is 4.82. The van der Waals surface area contributed by atoms with E-state index in [2.05, 4.69) is 25.7 Å². The van der Waals surface area contributed by atoms with Crippen LogP contribution in [0.5, 0.6) is 0 Å². The third-order valence-corrected chi connectivity index (χ3v) is 5.55. The van der Waals surface area contributed by atoms with Crippen LogP contribution in [0.4, 0.5) is 8.78 Å². The highest BCUT2D eigenvalue weighted by Crippen LogP contribution is 2.29. The Morgan fingerprint density at radius 2 is 1.78 bits per heavy atom. The maximum Gasteiger partial charge on any atom is 0.261 e. The molecule has 0 saturated carbocycles. The van der Waals surface area contributed by atoms with Crippen LogP contribution >= 0.6 is 0 Å². The molecule has 2 rings (SSSR count). The van der Waals surface area contributed by atoms with E-state index in [1.165, 1.54) is 45.3 Å². The molecular formula is C19H36F2N2. The fourth-order valence-corrected chi connectivity index (χ4v) is 4.08. The van der Waals surface area contributed by atoms with Gasteiger partial charge in [0.25, 0.3) is 5.92 Å². The van der Waals surface area contributed by atoms with Crippen molar-refractivity contribution in [1.82, 2.24) is 9.80 Å². The van der Waals surface area contributed by atoms with E-state index < -0.39 is 5.92 Å². The quantitative estimate of drug-likeness (QED) is 0.646. The van der Waals surface area contributed by atoms with Gasteiger partial charge in [0.15, 0.2) is 0 Å². The van der Waals surface area contributed by atoms with Gasteiger partial charge in [-0.3, -0.25) is 4.90 Å². The molecule has 0 N–H and O–H groups in total. The molecule has 0 aromatic carbocycles. The van der Waals surface area contributed by atoms with Gasteiger partial charge in [0.2, 0.25) is 0 Å². The highest BCUT2D eigenvalue weighted by atomic mass is 19.3. The van der Waals surface area contributed by atoms with Crippen molar-refractivity contribution in [2.75, 3.05) is 39.3 Å². The summed E-state index contributed by atoms with van der Waals surface area (Å²) in [4.78, 5) is 4.59. The molecule has 0 aromatic rings. The minimum atomic E-state index is -2.44. The Morgan fingerprint density at radius 1 is 1.04 bits per heavy atom. The van der Waals surface area contributed by atoms with E-state index in [-0.39, 0.29) is 13.0 Å². The fraction of sp³-hybridized carbons (Fsp3) is 1.00. The topological polar surface area (TPSA) is 6.48 Å². The van der Waals surface area contributed by atoms with Gasteiger partial charge in [0.1, 0.15) is 0 Å². The van der Waals surface area contributed by atoms with Crippen LogP contribution in [0, 0.1) is 17.8 Å². The first-order valence-electron chi connectivity index (χ1n) is 9.66. The molecule has 0 amide bonds. The molecule has 2 fully saturated rings. The zero-order chi connectivity index (χ0) is 16.9. The van der Waals surface area contributed by atoms with Crippen molar-refractivity contribution in [3.05, 3.63) is 0 Å². The molecule has 0 spiro atoms. The Morgan fingerprint density at radius 3 is 2.43 bits per heavy atom. The lowest BCUT2D eigenvalue weighted by molar-refractivity contribution is 0.0117. The molecule has 0 aromatic heterocycles. The molecule has 2 heterocycles. The fourth-order valence-electron chi connectivity index (χ4n) is 4.08. The molecule has 0 radical (unpaired) electrons. The van der Waals surface area contributed by atoms with Crippen LogP contribution in [0.2, 0.25) is 0 Å². The van der Waals surface area contributed by atoms with Crippen LogP contribution in [0.15, 0.2) is 0 Å². The molecule has 2 atom stereocenters. The number of hydrogen-bond acceptors (Lipinski definition) is 2. The summed E-state index contributed by atoms with van der Waals surface area (Å²) in [5.41, 5.74) is 0. The monoisotopic (exact) mass is 330 g/mol. The SMILES string of the molecule is CC(C)CCN1CCCC(CC(C)CCN2CCC(F)(F)C2)C1. The van der Waals surface area contributed by atoms with Gasteiger partial charge in [-0.05, 0) is 69.5 Å². The van der Waals surface area contributed by atoms with Crippen molar-refractivity contribution >= 4 is 0 Å². The zero-order valence-corrected chi connectivity index (χ0v) is 15.4. The van der Waals surface area contributed by atoms with E-state index in [4.69, 9.17) is 0 Å². The molecule has 2 aliphatic rings. The van der Waals surface area contributed by atoms with Crippen LogP contribution in [0.1, 0.15) is 59.3 Å². The van der Waals surface area contributed by atoms with Gasteiger partial charge < -0.3 is 4.90 Å². The van der Waals surface area contributed by atoms with E-state index in [0.29, 0.717) is 12.5 Å². The van der Waals surface area contributed by atoms with Crippen molar-refractivity contribution < 1.29 is 8.78 Å². The molecule has 2 unspecified atom stereocenters. The average molecular weight is 331 g/mol. The normalized spacial score (nSPS) is 27.7. The summed E-state index contributed by atoms with van der Waals surface area (Å²) >= 11 is 0. The van der Waals surface area contributed by atoms with E-state index in [1.807, 2.05) is 4.90 Å². The molecule has 0 bridgehead atoms. The first-order chi connectivity index (χ1) is 10.8. The van der Waals surface area contributed by atoms with Crippen LogP contribution in [-0.2, 0) is 0 Å². The third-order valence-electron chi connectivity index (χ3n) is 5.55. The van der Waals surface area contributed by atoms with Gasteiger partial charge >= 0.3 is 0 Å². The van der Waals surface area contributed by atoms with Crippen LogP contribution in [0.25, 0.3) is 0 Å². The van der Waals surface area contributed by atoms with Crippen LogP contribution in [-0.4, -0.2) is 55.0 Å². The first kappa shape index (κ1) is 19.1. The second kappa shape index (κ2) is 8.75. The Balaban J connectivity index is 1.63. The number of hydrogen-bond donors (Lipinski definition) is 0. The Bertz CT molecular complexity index is 346. The summed E-state index contributed by atoms with van der Waals surface area (Å²) in [6, 6.07) is 0. The van der Waals surface area contributed by atoms with Crippen LogP contribution < -0.4 is 0 Å². The average Bonchev–Trinajstić information content (AvgIpc) is 2.83. The third kappa shape index (κ3) is 7.04. The minimum Gasteiger partial charge on any atom is -0.303 e. The molecule has 2 saturated heterocycles. The lowest BCUT2D eigenvalue weighted by Crippen LogP contribution is -2.37. The van der Waals surface area contributed by atoms with Crippen molar-refractivity contribution in [3.63, 3.8) is 0 Å². The van der Waals surface area contributed by atoms with E-state index in [0.717, 1.165) is 24.8 Å². The maximum atomic E-state index is 13.2. The summed E-state index contributed by atoms with van der Waals surface area (Å²) in [6.45, 7) is 12.1. The summed E-state index contributed by atoms with van der Waals surface area (Å²) in [5.74, 6) is -0.193. The van der Waals surface area contributed by atoms with Gasteiger partial charge in [-0.25, -0.2) is 8.78 Å². The van der Waals surface area contributed by atoms with E-state index >= 15 is 0 Å². The molecule has 23 heavy (non-hydrogen) atoms. The lowest BCUT2D eigenvalue weighted by Gasteiger charge is -2.34. The number of nitrogens with zero attached hydrogens (tertiary/aromatic N) is 2. The Hall–Kier alpha value is -0.220. The number of halogens is 2. The van der Waals surface area contributed by atoms with Crippen molar-refractivity contribution in [3.8, 4) is 0 Å². The van der Waals surface area contributed by atoms with Gasteiger partial charge in [0, 0.05) is 19.5 Å². The molecular weight excluding hydrogens is 294 g/mol. The molecule has 4 heteroatoms. The Labute approximate surface area is 141 Å². The maximum absolute atomic E-state index is 13.2. The van der Waals surface area contributed by atoms with Gasteiger partial charge in [-0.1, -0.05) is 20.8 Å². The zero-order valence-electron chi connectivity index (χ0n) is 15.4. The largest absolute Gasteiger partial charge is 0.303 e. The Kier molecular flexibility index (Phi) is 7.27. The number of rotatable bonds is 8. The van der Waals surface area contributed by atoms with Gasteiger partial charge in [-0.15, -0.1) is 0 Å². The second-order valence-corrected chi connectivity index (χ2v) is 8.50. The first-order valence-corrected chi connectivity index (χ1v) is 9.66. The lowest BCUT2D eigenvalue weighted by atomic mass is 9.87. The molecule has 0 aliphatic carbocycles. The predicted molar refractivity (Wildman–Crippen MR) is 93.0 cm³/mol. The van der Waals surface area contributed by atoms with E-state index in [9.17, 15) is 8.78 Å². The van der Waals surface area contributed by atoms with Gasteiger partial charge in [-0.2, -0.15) is 0 Å². The second-order valence-electron chi connectivity index (χ2n) is 8.50. The van der Waals surface area contributed by atoms with Crippen LogP contribution in [0.3, 0.4) is 0 Å². The number of likely N-dealkylation sites (tertiary alicyclic amines) is 2. The van der Waals surface area contributed by atoms with E-state index in [1.54, 1.807) is 0 Å². The number of piperidine rings is 1. The minimum absolute atomic E-state index is 0.0217. The summed E-state index contributed by atoms with van der Waals surface area (Å²) < 4.78 is 26.4. The summed E-state index contributed by atoms with van der Waals surface area (Å²) in [7, 11) is 0. The molecule has 2 aliphatic heterocycles. The molecule has 136 valence electrons. The van der Waals surface area contributed by atoms with Crippen molar-refractivity contribution in [1.29, 1.82) is 0 Å². The summed E-state index contributed by atoms with van der Waals surface area (Å²) in [5, 5.41) is 0. The standard InChI is InChI=1S/C19H36F2N2/c1-16(2)6-10-22-9-4-5-18(14-22)13-17(3)7-11-23-12-8-19(20,21)15-23/h16-18H,4-15H2,1-3H3. The van der Waals surface area contributed by atoms with Gasteiger partial charge in [0.05, 0.1) is 6.54 Å². The van der Waals surface area contributed by atoms with Crippen molar-refractivity contribution in [2.24, 2.45) is 17.8 Å². The highest BCUT2D eigenvalue weighted by Gasteiger charge is 2.37. The predicted octanol–water partition coefficient (Wildman–Crippen LogP) is 4.50.